The van der Waals surface area contributed by atoms with Gasteiger partial charge in [0.25, 0.3) is 0 Å². The lowest BCUT2D eigenvalue weighted by Gasteiger charge is -2.16. The molecule has 0 amide bonds. The molecule has 0 saturated heterocycles. The first-order valence-corrected chi connectivity index (χ1v) is 1.52. The first-order valence-electron chi connectivity index (χ1n) is 1.52. The fourth-order valence-electron chi connectivity index (χ4n) is 0.0589. The van der Waals surface area contributed by atoms with Gasteiger partial charge in [-0.05, 0) is 6.92 Å². The summed E-state index contributed by atoms with van der Waals surface area (Å²) in [5.41, 5.74) is 1.17. The van der Waals surface area contributed by atoms with Gasteiger partial charge in [-0.1, -0.05) is 12.0 Å². The van der Waals surface area contributed by atoms with Crippen molar-refractivity contribution in [2.24, 2.45) is 0 Å². The van der Waals surface area contributed by atoms with Crippen LogP contribution in [-0.2, 0) is 0 Å². The molecule has 0 aromatic heterocycles. The van der Waals surface area contributed by atoms with Gasteiger partial charge in [0.15, 0.2) is 0 Å². The first kappa shape index (κ1) is 5.30. The van der Waals surface area contributed by atoms with Crippen molar-refractivity contribution in [3.05, 3.63) is 17.2 Å². The largest absolute Gasteiger partial charge is 0.861 e. The normalized spacial score (nSPS) is 11.3. The zero-order valence-corrected chi connectivity index (χ0v) is 3.39. The van der Waals surface area contributed by atoms with E-state index in [0.29, 0.717) is 0 Å². The Morgan fingerprint density at radius 3 is 2.33 bits per heavy atom. The third kappa shape index (κ3) is 1.60. The molecule has 0 atom stereocenters. The van der Waals surface area contributed by atoms with Gasteiger partial charge in [0.2, 0.25) is 0 Å². The lowest BCUT2D eigenvalue weighted by molar-refractivity contribution is -0.310. The molecule has 3 nitrogen and oxygen atoms in total. The fourth-order valence-corrected chi connectivity index (χ4v) is 0.0589. The monoisotopic (exact) mass is 87.0 g/mol. The van der Waals surface area contributed by atoms with Crippen molar-refractivity contribution in [2.75, 3.05) is 0 Å². The summed E-state index contributed by atoms with van der Waals surface area (Å²) in [6.45, 7) is 1.49. The molecule has 0 unspecified atom stereocenters. The molecule has 0 fully saturated rings. The Balaban J connectivity index is 3.22. The van der Waals surface area contributed by atoms with E-state index in [1.54, 1.807) is 0 Å². The van der Waals surface area contributed by atoms with Crippen LogP contribution in [0.1, 0.15) is 6.92 Å². The van der Waals surface area contributed by atoms with Crippen molar-refractivity contribution >= 4 is 0 Å². The van der Waals surface area contributed by atoms with Crippen LogP contribution in [0.15, 0.2) is 12.0 Å². The van der Waals surface area contributed by atoms with Gasteiger partial charge in [0.05, 0.1) is 0 Å². The summed E-state index contributed by atoms with van der Waals surface area (Å²) >= 11 is 0. The predicted molar refractivity (Wildman–Crippen MR) is 20.3 cm³/mol. The second kappa shape index (κ2) is 2.53. The summed E-state index contributed by atoms with van der Waals surface area (Å²) in [5.74, 6) is -0.588. The lowest BCUT2D eigenvalue weighted by Crippen LogP contribution is -2.16. The van der Waals surface area contributed by atoms with Gasteiger partial charge in [0.1, 0.15) is 0 Å². The smallest absolute Gasteiger partial charge is 0.0459 e. The number of hydrogen-bond acceptors (Lipinski definition) is 3. The highest BCUT2D eigenvalue weighted by atomic mass is 16.5. The third-order valence-electron chi connectivity index (χ3n) is 0.363. The Labute approximate surface area is 35.9 Å². The fraction of sp³-hybridized carbons (Fsp3) is 0.333. The van der Waals surface area contributed by atoms with E-state index in [1.807, 2.05) is 0 Å². The van der Waals surface area contributed by atoms with E-state index in [4.69, 9.17) is 0 Å². The number of nitrogens with one attached hydrogen (secondary N) is 1. The Kier molecular flexibility index (Phi) is 2.24. The van der Waals surface area contributed by atoms with Crippen molar-refractivity contribution in [1.29, 1.82) is 0 Å². The molecule has 0 radical (unpaired) electrons. The molecule has 36 valence electrons. The molecule has 0 aliphatic carbocycles. The molecule has 6 heavy (non-hydrogen) atoms. The maximum Gasteiger partial charge on any atom is -0.0459 e. The Bertz CT molecular complexity index is 59.8. The van der Waals surface area contributed by atoms with Gasteiger partial charge in [-0.2, -0.15) is 0 Å². The number of hydrogen-bond donors (Lipinski definition) is 1. The molecule has 0 saturated carbocycles. The standard InChI is InChI=1S/C3H6NO2/c1-2-3(5)4-6/h2,4-5H,1H3/q-1/p-1. The van der Waals surface area contributed by atoms with Crippen molar-refractivity contribution in [3.63, 3.8) is 0 Å². The van der Waals surface area contributed by atoms with Gasteiger partial charge < -0.3 is 15.8 Å². The average Bonchev–Trinajstić information content (AvgIpc) is 1.65. The highest BCUT2D eigenvalue weighted by molar-refractivity contribution is 4.81. The van der Waals surface area contributed by atoms with Crippen LogP contribution in [0.4, 0.5) is 0 Å². The van der Waals surface area contributed by atoms with E-state index in [1.165, 1.54) is 12.4 Å². The second-order valence-corrected chi connectivity index (χ2v) is 0.755. The zero-order chi connectivity index (χ0) is 4.99. The summed E-state index contributed by atoms with van der Waals surface area (Å²) in [4.78, 5) is 0. The maximum absolute atomic E-state index is 9.70. The molecule has 1 N–H and O–H groups in total. The zero-order valence-electron chi connectivity index (χ0n) is 3.39. The van der Waals surface area contributed by atoms with Gasteiger partial charge in [0, 0.05) is 0 Å². The van der Waals surface area contributed by atoms with E-state index in [-0.39, 0.29) is 0 Å². The van der Waals surface area contributed by atoms with E-state index < -0.39 is 5.88 Å². The van der Waals surface area contributed by atoms with Crippen molar-refractivity contribution < 1.29 is 5.11 Å². The van der Waals surface area contributed by atoms with Crippen LogP contribution >= 0.6 is 0 Å². The number of rotatable bonds is 1. The highest BCUT2D eigenvalue weighted by Crippen LogP contribution is 1.67. The molecule has 0 rings (SSSR count). The van der Waals surface area contributed by atoms with E-state index in [0.717, 1.165) is 6.08 Å². The molecule has 0 spiro atoms. The van der Waals surface area contributed by atoms with Gasteiger partial charge in [-0.25, -0.2) is 0 Å². The van der Waals surface area contributed by atoms with Crippen LogP contribution in [0.5, 0.6) is 0 Å². The first-order chi connectivity index (χ1) is 2.81. The van der Waals surface area contributed by atoms with E-state index in [2.05, 4.69) is 0 Å². The minimum atomic E-state index is -0.588. The number of allylic oxidation sites excluding steroid dienone is 1. The topological polar surface area (TPSA) is 58.1 Å². The Morgan fingerprint density at radius 1 is 1.83 bits per heavy atom. The molecular weight excluding hydrogens is 82.0 g/mol. The number of hydroxylamine groups is 1. The molecule has 0 bridgehead atoms. The minimum absolute atomic E-state index is 0.588. The summed E-state index contributed by atoms with van der Waals surface area (Å²) in [7, 11) is 0. The van der Waals surface area contributed by atoms with E-state index >= 15 is 0 Å². The maximum atomic E-state index is 9.70. The van der Waals surface area contributed by atoms with Gasteiger partial charge in [-0.3, -0.25) is 0 Å². The quantitative estimate of drug-likeness (QED) is 0.339. The van der Waals surface area contributed by atoms with Crippen molar-refractivity contribution in [1.82, 2.24) is 5.48 Å². The molecule has 0 heterocycles. The molecule has 0 aromatic carbocycles. The van der Waals surface area contributed by atoms with Crippen molar-refractivity contribution in [2.45, 2.75) is 6.92 Å². The SMILES string of the molecule is CC=C([O-])N[O-]. The highest BCUT2D eigenvalue weighted by Gasteiger charge is 1.52. The van der Waals surface area contributed by atoms with Crippen LogP contribution in [0.2, 0.25) is 0 Å². The molecule has 0 aromatic rings. The summed E-state index contributed by atoms with van der Waals surface area (Å²) in [6, 6.07) is 0. The lowest BCUT2D eigenvalue weighted by atomic mass is 10.7. The molecule has 0 aliphatic heterocycles. The van der Waals surface area contributed by atoms with Crippen LogP contribution in [0.25, 0.3) is 0 Å². The molecule has 3 heteroatoms. The van der Waals surface area contributed by atoms with Crippen LogP contribution in [0.3, 0.4) is 0 Å². The molecular formula is C3H5NO2-2. The van der Waals surface area contributed by atoms with Crippen molar-refractivity contribution in [3.8, 4) is 0 Å². The molecule has 0 aliphatic rings. The van der Waals surface area contributed by atoms with E-state index in [9.17, 15) is 10.3 Å². The van der Waals surface area contributed by atoms with Gasteiger partial charge >= 0.3 is 0 Å². The summed E-state index contributed by atoms with van der Waals surface area (Å²) < 4.78 is 0. The van der Waals surface area contributed by atoms with Crippen LogP contribution < -0.4 is 10.6 Å². The average molecular weight is 87.1 g/mol. The van der Waals surface area contributed by atoms with Gasteiger partial charge in [-0.15, -0.1) is 0 Å². The third-order valence-corrected chi connectivity index (χ3v) is 0.363. The van der Waals surface area contributed by atoms with Crippen LogP contribution in [0, 0.1) is 5.21 Å². The summed E-state index contributed by atoms with van der Waals surface area (Å²) in [6.07, 6.45) is 1.16. The Morgan fingerprint density at radius 2 is 2.33 bits per heavy atom. The van der Waals surface area contributed by atoms with Crippen LogP contribution in [-0.4, -0.2) is 0 Å². The second-order valence-electron chi connectivity index (χ2n) is 0.755. The predicted octanol–water partition coefficient (Wildman–Crippen LogP) is -0.705. The minimum Gasteiger partial charge on any atom is -0.861 e. The Hall–Kier alpha value is -0.700. The summed E-state index contributed by atoms with van der Waals surface area (Å²) in [5, 5.41) is 18.9.